The molecule has 8 unspecified atom stereocenters. The van der Waals surface area contributed by atoms with Gasteiger partial charge >= 0.3 is 0 Å². The van der Waals surface area contributed by atoms with Crippen molar-refractivity contribution in [2.24, 2.45) is 40.9 Å². The Labute approximate surface area is 195 Å². The number of carbonyl (C=O) groups excluding carboxylic acids is 1. The number of H-pyrrole nitrogens is 1. The van der Waals surface area contributed by atoms with Gasteiger partial charge in [-0.15, -0.1) is 0 Å². The number of Topliss-reactive ketones (excluding diaryl/α,β-unsaturated/α-hetero) is 1. The van der Waals surface area contributed by atoms with Crippen molar-refractivity contribution < 1.29 is 9.90 Å². The number of carbonyl (C=O) groups is 1. The van der Waals surface area contributed by atoms with Gasteiger partial charge < -0.3 is 5.11 Å². The van der Waals surface area contributed by atoms with E-state index >= 15 is 0 Å². The molecule has 4 fully saturated rings. The summed E-state index contributed by atoms with van der Waals surface area (Å²) in [7, 11) is 0. The van der Waals surface area contributed by atoms with Crippen LogP contribution in [0, 0.1) is 40.9 Å². The Morgan fingerprint density at radius 3 is 2.64 bits per heavy atom. The predicted octanol–water partition coefficient (Wildman–Crippen LogP) is 4.92. The van der Waals surface area contributed by atoms with Crippen LogP contribution < -0.4 is 5.56 Å². The summed E-state index contributed by atoms with van der Waals surface area (Å²) in [6, 6.07) is 7.50. The van der Waals surface area contributed by atoms with Crippen molar-refractivity contribution >= 4 is 16.7 Å². The molecule has 1 aromatic carbocycles. The van der Waals surface area contributed by atoms with Crippen molar-refractivity contribution in [1.82, 2.24) is 9.78 Å². The van der Waals surface area contributed by atoms with Gasteiger partial charge in [0.05, 0.1) is 16.5 Å². The van der Waals surface area contributed by atoms with Gasteiger partial charge in [0, 0.05) is 5.92 Å². The lowest BCUT2D eigenvalue weighted by Crippen LogP contribution is -2.51. The molecule has 2 aromatic rings. The zero-order valence-corrected chi connectivity index (χ0v) is 20.1. The maximum absolute atomic E-state index is 13.6. The van der Waals surface area contributed by atoms with E-state index in [0.717, 1.165) is 55.4 Å². The summed E-state index contributed by atoms with van der Waals surface area (Å²) in [4.78, 5) is 26.3. The number of rotatable bonds is 3. The van der Waals surface area contributed by atoms with Crippen LogP contribution in [0.2, 0.25) is 0 Å². The minimum atomic E-state index is -0.469. The molecule has 1 heterocycles. The second-order valence-electron chi connectivity index (χ2n) is 12.4. The fraction of sp³-hybridized carbons (Fsp3) is 0.714. The minimum absolute atomic E-state index is 0.0616. The lowest BCUT2D eigenvalue weighted by atomic mass is 9.49. The topological polar surface area (TPSA) is 75.1 Å². The lowest BCUT2D eigenvalue weighted by Gasteiger charge is -2.56. The van der Waals surface area contributed by atoms with Crippen LogP contribution in [0.25, 0.3) is 10.9 Å². The highest BCUT2D eigenvalue weighted by atomic mass is 16.3. The third kappa shape index (κ3) is 3.37. The number of nitrogens with one attached hydrogen (secondary N) is 1. The Kier molecular flexibility index (Phi) is 4.96. The molecule has 4 saturated carbocycles. The summed E-state index contributed by atoms with van der Waals surface area (Å²) >= 11 is 0. The maximum atomic E-state index is 13.6. The van der Waals surface area contributed by atoms with E-state index in [1.165, 1.54) is 30.4 Å². The molecule has 1 aromatic heterocycles. The van der Waals surface area contributed by atoms with Crippen molar-refractivity contribution in [3.63, 3.8) is 0 Å². The van der Waals surface area contributed by atoms with Gasteiger partial charge in [-0.05, 0) is 112 Å². The molecule has 0 bridgehead atoms. The van der Waals surface area contributed by atoms with Crippen LogP contribution in [-0.4, -0.2) is 26.3 Å². The van der Waals surface area contributed by atoms with Gasteiger partial charge in [-0.25, -0.2) is 4.68 Å². The highest BCUT2D eigenvalue weighted by Gasteiger charge is 2.58. The molecule has 6 rings (SSSR count). The first-order valence-corrected chi connectivity index (χ1v) is 13.2. The molecule has 0 aliphatic heterocycles. The number of hydrogen-bond acceptors (Lipinski definition) is 3. The number of fused-ring (bicyclic) bond motifs is 6. The van der Waals surface area contributed by atoms with Gasteiger partial charge in [0.25, 0.3) is 5.56 Å². The summed E-state index contributed by atoms with van der Waals surface area (Å²) in [5.41, 5.74) is 0.312. The van der Waals surface area contributed by atoms with E-state index in [9.17, 15) is 14.7 Å². The second kappa shape index (κ2) is 7.56. The molecule has 0 spiro atoms. The van der Waals surface area contributed by atoms with Crippen molar-refractivity contribution in [2.75, 3.05) is 0 Å². The van der Waals surface area contributed by atoms with Gasteiger partial charge in [0.15, 0.2) is 5.78 Å². The van der Waals surface area contributed by atoms with E-state index in [-0.39, 0.29) is 29.2 Å². The quantitative estimate of drug-likeness (QED) is 0.697. The van der Waals surface area contributed by atoms with Crippen LogP contribution in [0.1, 0.15) is 71.6 Å². The van der Waals surface area contributed by atoms with Crippen LogP contribution in [0.15, 0.2) is 29.1 Å². The highest BCUT2D eigenvalue weighted by molar-refractivity contribution is 5.83. The molecular weight excluding hydrogens is 412 g/mol. The van der Waals surface area contributed by atoms with Crippen molar-refractivity contribution in [3.8, 4) is 0 Å². The maximum Gasteiger partial charge on any atom is 0.274 e. The predicted molar refractivity (Wildman–Crippen MR) is 129 cm³/mol. The Balaban J connectivity index is 1.20. The van der Waals surface area contributed by atoms with E-state index in [4.69, 9.17) is 0 Å². The zero-order chi connectivity index (χ0) is 23.0. The fourth-order valence-corrected chi connectivity index (χ4v) is 9.10. The zero-order valence-electron chi connectivity index (χ0n) is 20.1. The Bertz CT molecular complexity index is 1130. The molecule has 178 valence electrons. The van der Waals surface area contributed by atoms with Crippen LogP contribution in [0.5, 0.6) is 0 Å². The number of nitrogens with zero attached hydrogens (tertiary/aromatic N) is 1. The molecule has 2 N–H and O–H groups in total. The summed E-state index contributed by atoms with van der Waals surface area (Å²) in [5, 5.41) is 14.4. The number of aromatic nitrogens is 2. The molecule has 4 aliphatic carbocycles. The van der Waals surface area contributed by atoms with E-state index in [0.29, 0.717) is 17.2 Å². The van der Waals surface area contributed by atoms with Crippen molar-refractivity contribution in [3.05, 3.63) is 34.6 Å². The summed E-state index contributed by atoms with van der Waals surface area (Å²) < 4.78 is 1.52. The first-order chi connectivity index (χ1) is 15.8. The normalized spacial score (nSPS) is 42.5. The first-order valence-electron chi connectivity index (χ1n) is 13.2. The monoisotopic (exact) mass is 450 g/mol. The first kappa shape index (κ1) is 21.6. The van der Waals surface area contributed by atoms with E-state index in [1.807, 2.05) is 31.2 Å². The molecule has 0 radical (unpaired) electrons. The van der Waals surface area contributed by atoms with Gasteiger partial charge in [-0.1, -0.05) is 19.1 Å². The molecule has 5 heteroatoms. The standard InChI is InChI=1S/C28H38N2O3/c1-27(33)13-11-18-17(15-27)7-8-20-19(18)12-14-28(2)22(20)9-10-23(28)25(31)16-30-26(32)21-5-3-4-6-24(21)29-30/h3-6,17-20,22-23,29,33H,7-16H2,1-2H3. The van der Waals surface area contributed by atoms with E-state index in [1.54, 1.807) is 0 Å². The molecule has 0 saturated heterocycles. The van der Waals surface area contributed by atoms with Gasteiger partial charge in [-0.3, -0.25) is 14.7 Å². The van der Waals surface area contributed by atoms with Gasteiger partial charge in [0.2, 0.25) is 0 Å². The number of aliphatic hydroxyl groups is 1. The number of aromatic amines is 1. The minimum Gasteiger partial charge on any atom is -0.390 e. The SMILES string of the molecule is CC1(O)CCC2C(CCC3C2CCC2(C)C(C(=O)Cn4[nH]c5ccccc5c4=O)CCC32)C1. The molecule has 8 atom stereocenters. The average molecular weight is 451 g/mol. The average Bonchev–Trinajstić information content (AvgIpc) is 3.29. The summed E-state index contributed by atoms with van der Waals surface area (Å²) in [6.07, 6.45) is 10.1. The van der Waals surface area contributed by atoms with Crippen LogP contribution in [0.3, 0.4) is 0 Å². The Hall–Kier alpha value is -1.88. The number of para-hydroxylation sites is 1. The molecule has 4 aliphatic rings. The van der Waals surface area contributed by atoms with Crippen LogP contribution >= 0.6 is 0 Å². The highest BCUT2D eigenvalue weighted by Crippen LogP contribution is 2.64. The van der Waals surface area contributed by atoms with Crippen molar-refractivity contribution in [2.45, 2.75) is 83.8 Å². The second-order valence-corrected chi connectivity index (χ2v) is 12.4. The Morgan fingerprint density at radius 2 is 1.82 bits per heavy atom. The summed E-state index contributed by atoms with van der Waals surface area (Å²) in [6.45, 7) is 4.57. The lowest BCUT2D eigenvalue weighted by molar-refractivity contribution is -0.133. The molecule has 5 nitrogen and oxygen atoms in total. The third-order valence-corrected chi connectivity index (χ3v) is 10.6. The van der Waals surface area contributed by atoms with Crippen LogP contribution in [-0.2, 0) is 11.3 Å². The third-order valence-electron chi connectivity index (χ3n) is 10.6. The van der Waals surface area contributed by atoms with E-state index < -0.39 is 5.60 Å². The van der Waals surface area contributed by atoms with Gasteiger partial charge in [-0.2, -0.15) is 0 Å². The fourth-order valence-electron chi connectivity index (χ4n) is 9.10. The van der Waals surface area contributed by atoms with E-state index in [2.05, 4.69) is 12.0 Å². The number of ketones is 1. The van der Waals surface area contributed by atoms with Crippen LogP contribution in [0.4, 0.5) is 0 Å². The van der Waals surface area contributed by atoms with Crippen molar-refractivity contribution in [1.29, 1.82) is 0 Å². The molecule has 33 heavy (non-hydrogen) atoms. The number of hydrogen-bond donors (Lipinski definition) is 2. The largest absolute Gasteiger partial charge is 0.390 e. The summed E-state index contributed by atoms with van der Waals surface area (Å²) in [5.74, 6) is 3.90. The Morgan fingerprint density at radius 1 is 1.03 bits per heavy atom. The molecular formula is C28H38N2O3. The molecule has 0 amide bonds. The van der Waals surface area contributed by atoms with Gasteiger partial charge in [0.1, 0.15) is 6.54 Å². The smallest absolute Gasteiger partial charge is 0.274 e. The number of benzene rings is 1.